The molecule has 13 heavy (non-hydrogen) atoms. The molecule has 0 unspecified atom stereocenters. The third kappa shape index (κ3) is 4.91. The number of nitrogens with two attached hydrogens (primary N) is 1. The Morgan fingerprint density at radius 1 is 1.31 bits per heavy atom. The third-order valence-electron chi connectivity index (χ3n) is 1.06. The number of hydrogen-bond acceptors (Lipinski definition) is 6. The van der Waals surface area contributed by atoms with E-state index in [4.69, 9.17) is 5.73 Å². The van der Waals surface area contributed by atoms with E-state index < -0.39 is 17.9 Å². The van der Waals surface area contributed by atoms with Gasteiger partial charge in [-0.25, -0.2) is 9.59 Å². The van der Waals surface area contributed by atoms with Crippen molar-refractivity contribution in [2.45, 2.75) is 13.3 Å². The van der Waals surface area contributed by atoms with Gasteiger partial charge in [-0.3, -0.25) is 4.79 Å². The van der Waals surface area contributed by atoms with Gasteiger partial charge in [0.1, 0.15) is 6.61 Å². The van der Waals surface area contributed by atoms with E-state index >= 15 is 0 Å². The molecule has 0 rings (SSSR count). The van der Waals surface area contributed by atoms with Gasteiger partial charge in [-0.15, -0.1) is 0 Å². The summed E-state index contributed by atoms with van der Waals surface area (Å²) in [7, 11) is 0. The third-order valence-corrected chi connectivity index (χ3v) is 1.06. The molecule has 0 spiro atoms. The van der Waals surface area contributed by atoms with Crippen molar-refractivity contribution in [1.29, 1.82) is 0 Å². The van der Waals surface area contributed by atoms with E-state index in [1.807, 2.05) is 0 Å². The van der Waals surface area contributed by atoms with Crippen LogP contribution in [0.25, 0.3) is 0 Å². The Balaban J connectivity index is 3.78. The number of carbonyl (C=O) groups is 3. The Bertz CT molecular complexity index is 213. The second-order valence-electron chi connectivity index (χ2n) is 2.05. The standard InChI is InChI=1S/C7H11NO5/c1-2-5(9)6(10)13-7(11)12-4-3-8/h2-4,8H2,1H3. The van der Waals surface area contributed by atoms with Crippen LogP contribution in [0.4, 0.5) is 4.79 Å². The summed E-state index contributed by atoms with van der Waals surface area (Å²) >= 11 is 0. The lowest BCUT2D eigenvalue weighted by molar-refractivity contribution is -0.150. The minimum absolute atomic E-state index is 0.0109. The van der Waals surface area contributed by atoms with Crippen molar-refractivity contribution in [3.63, 3.8) is 0 Å². The molecule has 0 aliphatic rings. The van der Waals surface area contributed by atoms with Crippen LogP contribution in [0.1, 0.15) is 13.3 Å². The predicted molar refractivity (Wildman–Crippen MR) is 41.8 cm³/mol. The highest BCUT2D eigenvalue weighted by Crippen LogP contribution is 1.90. The summed E-state index contributed by atoms with van der Waals surface area (Å²) < 4.78 is 8.30. The monoisotopic (exact) mass is 189 g/mol. The van der Waals surface area contributed by atoms with E-state index in [1.54, 1.807) is 0 Å². The first kappa shape index (κ1) is 11.6. The first-order chi connectivity index (χ1) is 6.11. The van der Waals surface area contributed by atoms with Crippen LogP contribution in [0.2, 0.25) is 0 Å². The van der Waals surface area contributed by atoms with E-state index in [0.29, 0.717) is 0 Å². The molecule has 6 nitrogen and oxygen atoms in total. The van der Waals surface area contributed by atoms with Crippen molar-refractivity contribution in [3.8, 4) is 0 Å². The van der Waals surface area contributed by atoms with E-state index in [0.717, 1.165) is 0 Å². The van der Waals surface area contributed by atoms with Crippen LogP contribution in [0.3, 0.4) is 0 Å². The zero-order chi connectivity index (χ0) is 10.3. The predicted octanol–water partition coefficient (Wildman–Crippen LogP) is -0.396. The fraction of sp³-hybridized carbons (Fsp3) is 0.571. The Labute approximate surface area is 75.0 Å². The molecule has 0 aliphatic carbocycles. The molecule has 0 saturated heterocycles. The normalized spacial score (nSPS) is 9.08. The smallest absolute Gasteiger partial charge is 0.433 e. The zero-order valence-electron chi connectivity index (χ0n) is 7.24. The molecule has 0 radical (unpaired) electrons. The summed E-state index contributed by atoms with van der Waals surface area (Å²) in [5.74, 6) is -1.98. The van der Waals surface area contributed by atoms with Gasteiger partial charge in [0.25, 0.3) is 0 Å². The number of rotatable bonds is 4. The van der Waals surface area contributed by atoms with Crippen LogP contribution in [0, 0.1) is 0 Å². The Morgan fingerprint density at radius 2 is 1.92 bits per heavy atom. The Morgan fingerprint density at radius 3 is 2.38 bits per heavy atom. The summed E-state index contributed by atoms with van der Waals surface area (Å²) in [5, 5.41) is 0. The topological polar surface area (TPSA) is 95.7 Å². The van der Waals surface area contributed by atoms with Crippen molar-refractivity contribution >= 4 is 17.9 Å². The first-order valence-corrected chi connectivity index (χ1v) is 3.73. The fourth-order valence-corrected chi connectivity index (χ4v) is 0.449. The quantitative estimate of drug-likeness (QED) is 0.367. The van der Waals surface area contributed by atoms with Crippen LogP contribution < -0.4 is 5.73 Å². The minimum Gasteiger partial charge on any atom is -0.433 e. The SMILES string of the molecule is CCC(=O)C(=O)OC(=O)OCCN. The number of ketones is 1. The fourth-order valence-electron chi connectivity index (χ4n) is 0.449. The molecule has 0 saturated carbocycles. The van der Waals surface area contributed by atoms with Gasteiger partial charge in [-0.05, 0) is 0 Å². The van der Waals surface area contributed by atoms with Gasteiger partial charge < -0.3 is 15.2 Å². The van der Waals surface area contributed by atoms with E-state index in [9.17, 15) is 14.4 Å². The second-order valence-corrected chi connectivity index (χ2v) is 2.05. The summed E-state index contributed by atoms with van der Waals surface area (Å²) in [6, 6.07) is 0. The van der Waals surface area contributed by atoms with Gasteiger partial charge in [0.05, 0.1) is 0 Å². The Hall–Kier alpha value is -1.43. The van der Waals surface area contributed by atoms with Crippen molar-refractivity contribution in [1.82, 2.24) is 0 Å². The molecule has 0 amide bonds. The van der Waals surface area contributed by atoms with Crippen molar-refractivity contribution in [2.75, 3.05) is 13.2 Å². The van der Waals surface area contributed by atoms with Gasteiger partial charge in [0.15, 0.2) is 0 Å². The summed E-state index contributed by atoms with van der Waals surface area (Å²) in [6.07, 6.45) is -1.21. The average Bonchev–Trinajstić information content (AvgIpc) is 2.13. The molecular weight excluding hydrogens is 178 g/mol. The maximum Gasteiger partial charge on any atom is 0.516 e. The first-order valence-electron chi connectivity index (χ1n) is 3.73. The van der Waals surface area contributed by atoms with Gasteiger partial charge in [-0.2, -0.15) is 0 Å². The molecule has 0 aliphatic heterocycles. The largest absolute Gasteiger partial charge is 0.516 e. The highest BCUT2D eigenvalue weighted by molar-refractivity contribution is 6.34. The highest BCUT2D eigenvalue weighted by Gasteiger charge is 2.17. The highest BCUT2D eigenvalue weighted by atomic mass is 16.7. The lowest BCUT2D eigenvalue weighted by Gasteiger charge is -2.01. The van der Waals surface area contributed by atoms with Crippen LogP contribution in [-0.4, -0.2) is 31.1 Å². The lowest BCUT2D eigenvalue weighted by atomic mass is 10.3. The summed E-state index contributed by atoms with van der Waals surface area (Å²) in [4.78, 5) is 31.8. The molecule has 2 N–H and O–H groups in total. The molecular formula is C7H11NO5. The van der Waals surface area contributed by atoms with Crippen LogP contribution >= 0.6 is 0 Å². The molecule has 0 fully saturated rings. The summed E-state index contributed by atoms with van der Waals surface area (Å²) in [5.41, 5.74) is 5.01. The van der Waals surface area contributed by atoms with Crippen molar-refractivity contribution < 1.29 is 23.9 Å². The minimum atomic E-state index is -1.20. The van der Waals surface area contributed by atoms with Crippen LogP contribution in [-0.2, 0) is 19.1 Å². The van der Waals surface area contributed by atoms with E-state index in [-0.39, 0.29) is 19.6 Å². The van der Waals surface area contributed by atoms with Gasteiger partial charge in [0.2, 0.25) is 5.78 Å². The molecule has 0 aromatic carbocycles. The number of hydrogen-bond donors (Lipinski definition) is 1. The van der Waals surface area contributed by atoms with Gasteiger partial charge in [0, 0.05) is 13.0 Å². The molecule has 6 heteroatoms. The number of ether oxygens (including phenoxy) is 2. The van der Waals surface area contributed by atoms with Gasteiger partial charge >= 0.3 is 12.1 Å². The van der Waals surface area contributed by atoms with E-state index in [1.165, 1.54) is 6.92 Å². The molecule has 0 aromatic heterocycles. The Kier molecular flexibility index (Phi) is 5.45. The number of carbonyl (C=O) groups excluding carboxylic acids is 3. The van der Waals surface area contributed by atoms with Crippen molar-refractivity contribution in [3.05, 3.63) is 0 Å². The van der Waals surface area contributed by atoms with Crippen LogP contribution in [0.5, 0.6) is 0 Å². The lowest BCUT2D eigenvalue weighted by Crippen LogP contribution is -2.22. The molecule has 0 heterocycles. The number of esters is 1. The zero-order valence-corrected chi connectivity index (χ0v) is 7.24. The maximum atomic E-state index is 10.6. The molecule has 0 aromatic rings. The van der Waals surface area contributed by atoms with Crippen LogP contribution in [0.15, 0.2) is 0 Å². The van der Waals surface area contributed by atoms with Gasteiger partial charge in [-0.1, -0.05) is 6.92 Å². The maximum absolute atomic E-state index is 10.6. The molecule has 74 valence electrons. The molecule has 0 bridgehead atoms. The summed E-state index contributed by atoms with van der Waals surface area (Å²) in [6.45, 7) is 1.56. The number of Topliss-reactive ketones (excluding diaryl/α,β-unsaturated/α-hetero) is 1. The van der Waals surface area contributed by atoms with Crippen molar-refractivity contribution in [2.24, 2.45) is 5.73 Å². The average molecular weight is 189 g/mol. The van der Waals surface area contributed by atoms with E-state index in [2.05, 4.69) is 9.47 Å². The second kappa shape index (κ2) is 6.13. The molecule has 0 atom stereocenters.